The molecule has 0 unspecified atom stereocenters. The van der Waals surface area contributed by atoms with Gasteiger partial charge in [-0.3, -0.25) is 14.4 Å². The second-order valence-corrected chi connectivity index (χ2v) is 6.29. The first-order valence-corrected chi connectivity index (χ1v) is 8.44. The van der Waals surface area contributed by atoms with Gasteiger partial charge in [0.1, 0.15) is 5.82 Å². The minimum Gasteiger partial charge on any atom is -0.345 e. The highest BCUT2D eigenvalue weighted by Crippen LogP contribution is 2.21. The van der Waals surface area contributed by atoms with E-state index in [0.717, 1.165) is 34.5 Å². The van der Waals surface area contributed by atoms with Crippen molar-refractivity contribution >= 4 is 23.4 Å². The van der Waals surface area contributed by atoms with Crippen LogP contribution in [-0.4, -0.2) is 30.8 Å². The number of amides is 3. The zero-order valence-corrected chi connectivity index (χ0v) is 15.5. The van der Waals surface area contributed by atoms with Crippen LogP contribution in [0.3, 0.4) is 0 Å². The molecule has 0 bridgehead atoms. The Morgan fingerprint density at radius 3 is 2.00 bits per heavy atom. The molecule has 2 aromatic carbocycles. The quantitative estimate of drug-likeness (QED) is 0.728. The zero-order chi connectivity index (χ0) is 20.0. The zero-order valence-electron chi connectivity index (χ0n) is 15.5. The second kappa shape index (κ2) is 8.93. The lowest BCUT2D eigenvalue weighted by Crippen LogP contribution is -2.40. The Hall–Kier alpha value is -3.22. The number of halogens is 1. The molecule has 0 saturated carbocycles. The summed E-state index contributed by atoms with van der Waals surface area (Å²) in [6.07, 6.45) is 0. The van der Waals surface area contributed by atoms with Crippen molar-refractivity contribution in [3.63, 3.8) is 0 Å². The number of anilines is 1. The van der Waals surface area contributed by atoms with Gasteiger partial charge in [0.2, 0.25) is 11.8 Å². The van der Waals surface area contributed by atoms with Gasteiger partial charge in [-0.25, -0.2) is 4.39 Å². The fraction of sp³-hybridized carbons (Fsp3) is 0.250. The lowest BCUT2D eigenvalue weighted by molar-refractivity contribution is -0.123. The summed E-state index contributed by atoms with van der Waals surface area (Å²) in [6.45, 7) is 5.29. The monoisotopic (exact) mass is 371 g/mol. The van der Waals surface area contributed by atoms with Crippen molar-refractivity contribution in [1.29, 1.82) is 0 Å². The maximum atomic E-state index is 12.8. The third-order valence-electron chi connectivity index (χ3n) is 3.90. The van der Waals surface area contributed by atoms with Crippen LogP contribution in [0.4, 0.5) is 10.1 Å². The van der Waals surface area contributed by atoms with Crippen molar-refractivity contribution in [3.05, 3.63) is 64.5 Å². The molecular weight excluding hydrogens is 349 g/mol. The molecule has 0 atom stereocenters. The standard InChI is InChI=1S/C20H22FN3O3/c1-12-8-13(2)19(14(3)9-12)24-18(26)11-22-17(25)10-23-20(27)15-4-6-16(21)7-5-15/h4-9H,10-11H2,1-3H3,(H,22,25)(H,23,27)(H,24,26). The Morgan fingerprint density at radius 1 is 0.852 bits per heavy atom. The highest BCUT2D eigenvalue weighted by molar-refractivity contribution is 5.98. The number of benzene rings is 2. The molecular formula is C20H22FN3O3. The van der Waals surface area contributed by atoms with E-state index in [1.54, 1.807) is 0 Å². The Balaban J connectivity index is 1.79. The summed E-state index contributed by atoms with van der Waals surface area (Å²) in [5, 5.41) is 7.63. The van der Waals surface area contributed by atoms with Gasteiger partial charge in [-0.1, -0.05) is 17.7 Å². The molecule has 27 heavy (non-hydrogen) atoms. The first-order chi connectivity index (χ1) is 12.8. The number of rotatable bonds is 6. The average molecular weight is 371 g/mol. The molecule has 0 saturated heterocycles. The van der Waals surface area contributed by atoms with Crippen molar-refractivity contribution in [2.75, 3.05) is 18.4 Å². The topological polar surface area (TPSA) is 87.3 Å². The van der Waals surface area contributed by atoms with Crippen LogP contribution in [0.15, 0.2) is 36.4 Å². The van der Waals surface area contributed by atoms with Crippen LogP contribution in [0.5, 0.6) is 0 Å². The summed E-state index contributed by atoms with van der Waals surface area (Å²) in [5.74, 6) is -1.81. The lowest BCUT2D eigenvalue weighted by atomic mass is 10.1. The molecule has 0 heterocycles. The molecule has 2 rings (SSSR count). The number of carbonyl (C=O) groups is 3. The first-order valence-electron chi connectivity index (χ1n) is 8.44. The Morgan fingerprint density at radius 2 is 1.41 bits per heavy atom. The van der Waals surface area contributed by atoms with Gasteiger partial charge in [0.15, 0.2) is 0 Å². The van der Waals surface area contributed by atoms with E-state index in [2.05, 4.69) is 16.0 Å². The van der Waals surface area contributed by atoms with Crippen molar-refractivity contribution in [2.45, 2.75) is 20.8 Å². The summed E-state index contributed by atoms with van der Waals surface area (Å²) in [4.78, 5) is 35.7. The highest BCUT2D eigenvalue weighted by atomic mass is 19.1. The summed E-state index contributed by atoms with van der Waals surface area (Å²) < 4.78 is 12.8. The van der Waals surface area contributed by atoms with Crippen LogP contribution in [-0.2, 0) is 9.59 Å². The van der Waals surface area contributed by atoms with Crippen molar-refractivity contribution in [2.24, 2.45) is 0 Å². The van der Waals surface area contributed by atoms with Crippen LogP contribution in [0.2, 0.25) is 0 Å². The van der Waals surface area contributed by atoms with Gasteiger partial charge in [-0.2, -0.15) is 0 Å². The third kappa shape index (κ3) is 5.91. The van der Waals surface area contributed by atoms with Gasteiger partial charge in [-0.05, 0) is 56.2 Å². The molecule has 6 nitrogen and oxygen atoms in total. The van der Waals surface area contributed by atoms with E-state index in [-0.39, 0.29) is 24.6 Å². The van der Waals surface area contributed by atoms with Crippen molar-refractivity contribution in [3.8, 4) is 0 Å². The van der Waals surface area contributed by atoms with E-state index in [1.165, 1.54) is 12.1 Å². The molecule has 0 spiro atoms. The minimum atomic E-state index is -0.502. The molecule has 3 N–H and O–H groups in total. The first kappa shape index (κ1) is 20.1. The van der Waals surface area contributed by atoms with Gasteiger partial charge in [0, 0.05) is 11.3 Å². The van der Waals surface area contributed by atoms with Crippen molar-refractivity contribution < 1.29 is 18.8 Å². The van der Waals surface area contributed by atoms with E-state index >= 15 is 0 Å². The number of nitrogens with one attached hydrogen (secondary N) is 3. The minimum absolute atomic E-state index is 0.210. The Bertz CT molecular complexity index is 840. The Kier molecular flexibility index (Phi) is 6.65. The average Bonchev–Trinajstić information content (AvgIpc) is 2.61. The SMILES string of the molecule is Cc1cc(C)c(NC(=O)CNC(=O)CNC(=O)c2ccc(F)cc2)c(C)c1. The van der Waals surface area contributed by atoms with Crippen molar-refractivity contribution in [1.82, 2.24) is 10.6 Å². The molecule has 0 fully saturated rings. The van der Waals surface area contributed by atoms with Crippen LogP contribution in [0, 0.1) is 26.6 Å². The van der Waals surface area contributed by atoms with Gasteiger partial charge in [0.25, 0.3) is 5.91 Å². The molecule has 0 radical (unpaired) electrons. The molecule has 7 heteroatoms. The van der Waals surface area contributed by atoms with E-state index in [0.29, 0.717) is 0 Å². The summed E-state index contributed by atoms with van der Waals surface area (Å²) >= 11 is 0. The summed E-state index contributed by atoms with van der Waals surface area (Å²) in [5.41, 5.74) is 3.96. The van der Waals surface area contributed by atoms with Gasteiger partial charge < -0.3 is 16.0 Å². The molecule has 0 aromatic heterocycles. The molecule has 3 amide bonds. The lowest BCUT2D eigenvalue weighted by Gasteiger charge is -2.13. The van der Waals surface area contributed by atoms with E-state index in [1.807, 2.05) is 32.9 Å². The van der Waals surface area contributed by atoms with Crippen LogP contribution in [0.25, 0.3) is 0 Å². The third-order valence-corrected chi connectivity index (χ3v) is 3.90. The molecule has 142 valence electrons. The van der Waals surface area contributed by atoms with Gasteiger partial charge >= 0.3 is 0 Å². The fourth-order valence-electron chi connectivity index (χ4n) is 2.67. The smallest absolute Gasteiger partial charge is 0.251 e. The molecule has 0 aliphatic carbocycles. The van der Waals surface area contributed by atoms with E-state index < -0.39 is 17.6 Å². The largest absolute Gasteiger partial charge is 0.345 e. The van der Waals surface area contributed by atoms with Crippen LogP contribution >= 0.6 is 0 Å². The molecule has 2 aromatic rings. The number of carbonyl (C=O) groups excluding carboxylic acids is 3. The van der Waals surface area contributed by atoms with E-state index in [4.69, 9.17) is 0 Å². The van der Waals surface area contributed by atoms with Crippen LogP contribution < -0.4 is 16.0 Å². The predicted octanol–water partition coefficient (Wildman–Crippen LogP) is 2.24. The predicted molar refractivity (Wildman–Crippen MR) is 101 cm³/mol. The van der Waals surface area contributed by atoms with Gasteiger partial charge in [0.05, 0.1) is 13.1 Å². The highest BCUT2D eigenvalue weighted by Gasteiger charge is 2.11. The van der Waals surface area contributed by atoms with E-state index in [9.17, 15) is 18.8 Å². The molecule has 0 aliphatic heterocycles. The second-order valence-electron chi connectivity index (χ2n) is 6.29. The number of hydrogen-bond acceptors (Lipinski definition) is 3. The van der Waals surface area contributed by atoms with Gasteiger partial charge in [-0.15, -0.1) is 0 Å². The Labute approximate surface area is 157 Å². The fourth-order valence-corrected chi connectivity index (χ4v) is 2.67. The maximum absolute atomic E-state index is 12.8. The number of aryl methyl sites for hydroxylation is 3. The van der Waals surface area contributed by atoms with Crippen LogP contribution in [0.1, 0.15) is 27.0 Å². The number of hydrogen-bond donors (Lipinski definition) is 3. The molecule has 0 aliphatic rings. The summed E-state index contributed by atoms with van der Waals surface area (Å²) in [7, 11) is 0. The maximum Gasteiger partial charge on any atom is 0.251 e. The summed E-state index contributed by atoms with van der Waals surface area (Å²) in [6, 6.07) is 8.89. The normalized spacial score (nSPS) is 10.2.